The largest absolute Gasteiger partial charge is 0.507 e. The summed E-state index contributed by atoms with van der Waals surface area (Å²) in [6.07, 6.45) is -0.0745. The SMILES string of the molecule is CC(C)(C)C1CC(C(=O)NCc2ccc(-c3cc(Nc4ccc(Cl)cc4CF)ccc3O)nc2N)CCN1C(=O)O. The van der Waals surface area contributed by atoms with Crippen LogP contribution >= 0.6 is 11.6 Å². The van der Waals surface area contributed by atoms with E-state index in [1.54, 1.807) is 42.5 Å². The summed E-state index contributed by atoms with van der Waals surface area (Å²) < 4.78 is 13.5. The van der Waals surface area contributed by atoms with Gasteiger partial charge >= 0.3 is 6.09 Å². The Balaban J connectivity index is 1.45. The maximum Gasteiger partial charge on any atom is 0.407 e. The van der Waals surface area contributed by atoms with Gasteiger partial charge in [0.1, 0.15) is 18.2 Å². The van der Waals surface area contributed by atoms with Crippen LogP contribution in [-0.2, 0) is 18.0 Å². The fraction of sp³-hybridized carbons (Fsp3) is 0.367. The highest BCUT2D eigenvalue weighted by Crippen LogP contribution is 2.36. The number of carbonyl (C=O) groups excluding carboxylic acids is 1. The van der Waals surface area contributed by atoms with Crippen LogP contribution in [0.2, 0.25) is 5.02 Å². The van der Waals surface area contributed by atoms with Crippen LogP contribution in [-0.4, -0.2) is 44.7 Å². The van der Waals surface area contributed by atoms with E-state index in [1.807, 2.05) is 20.8 Å². The molecule has 0 spiro atoms. The molecule has 2 unspecified atom stereocenters. The van der Waals surface area contributed by atoms with Gasteiger partial charge in [-0.15, -0.1) is 0 Å². The van der Waals surface area contributed by atoms with Gasteiger partial charge in [0.25, 0.3) is 0 Å². The third-order valence-electron chi connectivity index (χ3n) is 7.45. The minimum Gasteiger partial charge on any atom is -0.507 e. The molecule has 1 fully saturated rings. The van der Waals surface area contributed by atoms with Gasteiger partial charge in [-0.3, -0.25) is 4.79 Å². The topological polar surface area (TPSA) is 141 Å². The number of halogens is 2. The van der Waals surface area contributed by atoms with Crippen LogP contribution in [0.5, 0.6) is 5.75 Å². The molecular formula is C30H35ClFN5O4. The van der Waals surface area contributed by atoms with E-state index in [1.165, 1.54) is 11.0 Å². The third kappa shape index (κ3) is 7.00. The van der Waals surface area contributed by atoms with Crippen molar-refractivity contribution in [1.82, 2.24) is 15.2 Å². The minimum absolute atomic E-state index is 0.00794. The van der Waals surface area contributed by atoms with E-state index in [0.717, 1.165) is 0 Å². The summed E-state index contributed by atoms with van der Waals surface area (Å²) in [7, 11) is 0. The molecule has 0 radical (unpaired) electrons. The summed E-state index contributed by atoms with van der Waals surface area (Å²) in [5.74, 6) is -0.272. The zero-order chi connectivity index (χ0) is 29.9. The Hall–Kier alpha value is -4.05. The fourth-order valence-electron chi connectivity index (χ4n) is 5.15. The highest BCUT2D eigenvalue weighted by Gasteiger charge is 2.40. The number of nitrogens with one attached hydrogen (secondary N) is 2. The van der Waals surface area contributed by atoms with E-state index < -0.39 is 12.8 Å². The number of alkyl halides is 1. The molecule has 2 atom stereocenters. The molecule has 0 saturated carbocycles. The Kier molecular flexibility index (Phi) is 8.92. The van der Waals surface area contributed by atoms with Crippen LogP contribution in [0.15, 0.2) is 48.5 Å². The number of pyridine rings is 1. The Morgan fingerprint density at radius 2 is 1.90 bits per heavy atom. The molecular weight excluding hydrogens is 549 g/mol. The molecule has 0 aliphatic carbocycles. The molecule has 11 heteroatoms. The van der Waals surface area contributed by atoms with Crippen molar-refractivity contribution in [3.05, 3.63) is 64.7 Å². The molecule has 3 aromatic rings. The number of carboxylic acid groups (broad SMARTS) is 1. The van der Waals surface area contributed by atoms with Gasteiger partial charge in [-0.25, -0.2) is 14.2 Å². The van der Waals surface area contributed by atoms with Gasteiger partial charge in [0.2, 0.25) is 5.91 Å². The van der Waals surface area contributed by atoms with Crippen LogP contribution in [0, 0.1) is 11.3 Å². The summed E-state index contributed by atoms with van der Waals surface area (Å²) in [5, 5.41) is 26.6. The summed E-state index contributed by atoms with van der Waals surface area (Å²) in [4.78, 5) is 30.6. The molecule has 41 heavy (non-hydrogen) atoms. The van der Waals surface area contributed by atoms with Crippen molar-refractivity contribution in [2.75, 3.05) is 17.6 Å². The predicted octanol–water partition coefficient (Wildman–Crippen LogP) is 6.32. The molecule has 218 valence electrons. The average Bonchev–Trinajstić information content (AvgIpc) is 2.93. The lowest BCUT2D eigenvalue weighted by molar-refractivity contribution is -0.127. The number of aromatic nitrogens is 1. The van der Waals surface area contributed by atoms with Crippen LogP contribution in [0.4, 0.5) is 26.4 Å². The summed E-state index contributed by atoms with van der Waals surface area (Å²) >= 11 is 5.98. The number of phenols is 1. The van der Waals surface area contributed by atoms with E-state index >= 15 is 0 Å². The van der Waals surface area contributed by atoms with Crippen LogP contribution < -0.4 is 16.4 Å². The molecule has 9 nitrogen and oxygen atoms in total. The van der Waals surface area contributed by atoms with Crippen LogP contribution in [0.25, 0.3) is 11.3 Å². The molecule has 6 N–H and O–H groups in total. The predicted molar refractivity (Wildman–Crippen MR) is 158 cm³/mol. The number of nitrogen functional groups attached to an aromatic ring is 1. The van der Waals surface area contributed by atoms with E-state index in [4.69, 9.17) is 17.3 Å². The first kappa shape index (κ1) is 29.9. The van der Waals surface area contributed by atoms with Crippen molar-refractivity contribution >= 4 is 40.8 Å². The van der Waals surface area contributed by atoms with Crippen molar-refractivity contribution in [3.8, 4) is 17.0 Å². The number of hydrogen-bond donors (Lipinski definition) is 5. The van der Waals surface area contributed by atoms with Gasteiger partial charge in [-0.05, 0) is 60.7 Å². The van der Waals surface area contributed by atoms with Gasteiger partial charge in [-0.2, -0.15) is 0 Å². The lowest BCUT2D eigenvalue weighted by atomic mass is 9.77. The Labute approximate surface area is 243 Å². The second-order valence-electron chi connectivity index (χ2n) is 11.3. The first-order valence-electron chi connectivity index (χ1n) is 13.3. The van der Waals surface area contributed by atoms with E-state index in [9.17, 15) is 24.2 Å². The summed E-state index contributed by atoms with van der Waals surface area (Å²) in [6.45, 7) is 5.70. The van der Waals surface area contributed by atoms with Crippen LogP contribution in [0.1, 0.15) is 44.7 Å². The molecule has 1 aliphatic heterocycles. The number of hydrogen-bond acceptors (Lipinski definition) is 6. The maximum atomic E-state index is 13.5. The number of amides is 2. The third-order valence-corrected chi connectivity index (χ3v) is 7.68. The number of nitrogens with two attached hydrogens (primary N) is 1. The molecule has 1 aromatic heterocycles. The van der Waals surface area contributed by atoms with Crippen molar-refractivity contribution in [2.45, 2.75) is 52.9 Å². The number of carbonyl (C=O) groups is 2. The Bertz CT molecular complexity index is 1440. The van der Waals surface area contributed by atoms with E-state index in [-0.39, 0.29) is 41.4 Å². The molecule has 1 aliphatic rings. The van der Waals surface area contributed by atoms with Gasteiger partial charge in [0.05, 0.1) is 5.69 Å². The number of benzene rings is 2. The molecule has 4 rings (SSSR count). The van der Waals surface area contributed by atoms with Crippen molar-refractivity contribution < 1.29 is 24.2 Å². The van der Waals surface area contributed by atoms with Crippen molar-refractivity contribution in [3.63, 3.8) is 0 Å². The molecule has 1 saturated heterocycles. The number of nitrogens with zero attached hydrogens (tertiary/aromatic N) is 2. The van der Waals surface area contributed by atoms with Gasteiger partial charge in [-0.1, -0.05) is 38.4 Å². The molecule has 2 amide bonds. The number of anilines is 3. The van der Waals surface area contributed by atoms with Crippen LogP contribution in [0.3, 0.4) is 0 Å². The highest BCUT2D eigenvalue weighted by atomic mass is 35.5. The van der Waals surface area contributed by atoms with E-state index in [0.29, 0.717) is 58.2 Å². The number of phenolic OH excluding ortho intramolecular Hbond substituents is 1. The summed E-state index contributed by atoms with van der Waals surface area (Å²) in [5.41, 5.74) is 8.95. The number of piperidine rings is 1. The van der Waals surface area contributed by atoms with Gasteiger partial charge < -0.3 is 31.5 Å². The quantitative estimate of drug-likeness (QED) is 0.205. The average molecular weight is 584 g/mol. The smallest absolute Gasteiger partial charge is 0.407 e. The first-order chi connectivity index (χ1) is 19.4. The van der Waals surface area contributed by atoms with Crippen molar-refractivity contribution in [1.29, 1.82) is 0 Å². The maximum absolute atomic E-state index is 13.5. The zero-order valence-corrected chi connectivity index (χ0v) is 24.0. The highest BCUT2D eigenvalue weighted by molar-refractivity contribution is 6.30. The lowest BCUT2D eigenvalue weighted by Crippen LogP contribution is -2.53. The normalized spacial score (nSPS) is 17.2. The monoisotopic (exact) mass is 583 g/mol. The number of rotatable bonds is 7. The minimum atomic E-state index is -0.968. The fourth-order valence-corrected chi connectivity index (χ4v) is 5.35. The Morgan fingerprint density at radius 1 is 1.15 bits per heavy atom. The summed E-state index contributed by atoms with van der Waals surface area (Å²) in [6, 6.07) is 12.9. The first-order valence-corrected chi connectivity index (χ1v) is 13.7. The second-order valence-corrected chi connectivity index (χ2v) is 11.8. The van der Waals surface area contributed by atoms with E-state index in [2.05, 4.69) is 15.6 Å². The Morgan fingerprint density at radius 3 is 2.56 bits per heavy atom. The number of likely N-dealkylation sites (tertiary alicyclic amines) is 1. The molecule has 0 bridgehead atoms. The van der Waals surface area contributed by atoms with Crippen molar-refractivity contribution in [2.24, 2.45) is 11.3 Å². The van der Waals surface area contributed by atoms with Gasteiger partial charge in [0.15, 0.2) is 0 Å². The number of aromatic hydroxyl groups is 1. The lowest BCUT2D eigenvalue weighted by Gasteiger charge is -2.44. The standard InChI is InChI=1S/C30H35ClFN5O4/c1-30(2,3)26-13-17(10-11-37(26)29(40)41)28(39)34-16-18-4-7-24(36-27(18)33)22-14-21(6-9-25(22)38)35-23-8-5-20(31)12-19(23)15-32/h4-9,12,14,17,26,35,38H,10-11,13,15-16H2,1-3H3,(H2,33,36)(H,34,39)(H,40,41). The zero-order valence-electron chi connectivity index (χ0n) is 23.2. The molecule has 2 heterocycles. The molecule has 2 aromatic carbocycles. The van der Waals surface area contributed by atoms with Gasteiger partial charge in [0, 0.05) is 58.1 Å². The second kappa shape index (κ2) is 12.2.